The molecular formula is C12H9Cl3FNS. The quantitative estimate of drug-likeness (QED) is 0.836. The lowest BCUT2D eigenvalue weighted by atomic mass is 10.0. The molecule has 0 aliphatic heterocycles. The Labute approximate surface area is 123 Å². The van der Waals surface area contributed by atoms with Gasteiger partial charge in [-0.15, -0.1) is 11.3 Å². The van der Waals surface area contributed by atoms with Gasteiger partial charge in [0.05, 0.1) is 8.67 Å². The molecular weight excluding hydrogens is 316 g/mol. The summed E-state index contributed by atoms with van der Waals surface area (Å²) >= 11 is 19.1. The number of thiophene rings is 1. The summed E-state index contributed by atoms with van der Waals surface area (Å²) in [5.41, 5.74) is 7.12. The van der Waals surface area contributed by atoms with E-state index in [2.05, 4.69) is 0 Å². The fourth-order valence-electron chi connectivity index (χ4n) is 1.66. The van der Waals surface area contributed by atoms with Gasteiger partial charge < -0.3 is 5.73 Å². The van der Waals surface area contributed by atoms with Gasteiger partial charge >= 0.3 is 0 Å². The van der Waals surface area contributed by atoms with E-state index in [1.54, 1.807) is 18.2 Å². The number of benzene rings is 1. The molecule has 1 nitrogen and oxygen atoms in total. The summed E-state index contributed by atoms with van der Waals surface area (Å²) in [7, 11) is 0. The van der Waals surface area contributed by atoms with Crippen LogP contribution in [0.25, 0.3) is 0 Å². The van der Waals surface area contributed by atoms with Crippen LogP contribution in [0.15, 0.2) is 24.3 Å². The molecule has 1 heterocycles. The highest BCUT2D eigenvalue weighted by Gasteiger charge is 2.17. The normalized spacial score (nSPS) is 12.7. The SMILES string of the molecule is NC(Cc1c(F)cccc1Cl)c1cc(Cl)sc1Cl. The maximum Gasteiger partial charge on any atom is 0.127 e. The van der Waals surface area contributed by atoms with Gasteiger partial charge in [-0.25, -0.2) is 4.39 Å². The van der Waals surface area contributed by atoms with Crippen LogP contribution in [0.5, 0.6) is 0 Å². The fourth-order valence-corrected chi connectivity index (χ4v) is 3.50. The lowest BCUT2D eigenvalue weighted by Gasteiger charge is -2.12. The maximum absolute atomic E-state index is 13.6. The van der Waals surface area contributed by atoms with Crippen LogP contribution in [0.2, 0.25) is 13.7 Å². The summed E-state index contributed by atoms with van der Waals surface area (Å²) in [5, 5.41) is 0.364. The second-order valence-corrected chi connectivity index (χ2v) is 6.48. The van der Waals surface area contributed by atoms with Gasteiger partial charge in [-0.2, -0.15) is 0 Å². The van der Waals surface area contributed by atoms with Gasteiger partial charge in [0.15, 0.2) is 0 Å². The summed E-state index contributed by atoms with van der Waals surface area (Å²) in [6, 6.07) is 5.82. The molecule has 0 fully saturated rings. The predicted octanol–water partition coefficient (Wildman–Crippen LogP) is 5.09. The highest BCUT2D eigenvalue weighted by atomic mass is 35.5. The predicted molar refractivity (Wildman–Crippen MR) is 76.4 cm³/mol. The lowest BCUT2D eigenvalue weighted by molar-refractivity contribution is 0.594. The maximum atomic E-state index is 13.6. The highest BCUT2D eigenvalue weighted by Crippen LogP contribution is 2.36. The molecule has 1 unspecified atom stereocenters. The largest absolute Gasteiger partial charge is 0.324 e. The molecule has 2 N–H and O–H groups in total. The minimum absolute atomic E-state index is 0.276. The van der Waals surface area contributed by atoms with Crippen LogP contribution in [-0.2, 0) is 6.42 Å². The van der Waals surface area contributed by atoms with Crippen LogP contribution in [0.3, 0.4) is 0 Å². The van der Waals surface area contributed by atoms with E-state index >= 15 is 0 Å². The Morgan fingerprint density at radius 1 is 1.28 bits per heavy atom. The molecule has 0 aliphatic carbocycles. The molecule has 96 valence electrons. The monoisotopic (exact) mass is 323 g/mol. The van der Waals surface area contributed by atoms with E-state index in [0.717, 1.165) is 0 Å². The topological polar surface area (TPSA) is 26.0 Å². The molecule has 2 aromatic rings. The number of nitrogens with two attached hydrogens (primary N) is 1. The summed E-state index contributed by atoms with van der Waals surface area (Å²) in [5.74, 6) is -0.365. The van der Waals surface area contributed by atoms with Gasteiger partial charge in [-0.05, 0) is 24.6 Å². The van der Waals surface area contributed by atoms with Crippen LogP contribution in [0.4, 0.5) is 4.39 Å². The van der Waals surface area contributed by atoms with Crippen LogP contribution in [0.1, 0.15) is 17.2 Å². The second kappa shape index (κ2) is 5.76. The van der Waals surface area contributed by atoms with Crippen LogP contribution in [0, 0.1) is 5.82 Å². The van der Waals surface area contributed by atoms with E-state index in [4.69, 9.17) is 40.5 Å². The first-order valence-electron chi connectivity index (χ1n) is 5.12. The van der Waals surface area contributed by atoms with Crippen molar-refractivity contribution in [3.05, 3.63) is 54.9 Å². The molecule has 6 heteroatoms. The van der Waals surface area contributed by atoms with Gasteiger partial charge in [0, 0.05) is 22.2 Å². The smallest absolute Gasteiger partial charge is 0.127 e. The molecule has 0 saturated heterocycles. The Hall–Kier alpha value is -0.320. The summed E-state index contributed by atoms with van der Waals surface area (Å²) in [6.45, 7) is 0. The van der Waals surface area contributed by atoms with E-state index in [0.29, 0.717) is 24.8 Å². The number of hydrogen-bond acceptors (Lipinski definition) is 2. The van der Waals surface area contributed by atoms with Gasteiger partial charge in [0.2, 0.25) is 0 Å². The first-order valence-corrected chi connectivity index (χ1v) is 7.07. The third kappa shape index (κ3) is 2.98. The standard InChI is InChI=1S/C12H9Cl3FNS/c13-8-2-1-3-9(16)6(8)4-10(17)7-5-11(14)18-12(7)15/h1-3,5,10H,4,17H2. The molecule has 0 saturated carbocycles. The number of halogens is 4. The van der Waals surface area contributed by atoms with Gasteiger partial charge in [0.25, 0.3) is 0 Å². The van der Waals surface area contributed by atoms with Crippen molar-refractivity contribution in [3.63, 3.8) is 0 Å². The molecule has 0 amide bonds. The summed E-state index contributed by atoms with van der Waals surface area (Å²) < 4.78 is 14.7. The van der Waals surface area contributed by atoms with Crippen molar-refractivity contribution >= 4 is 46.1 Å². The average molecular weight is 325 g/mol. The molecule has 0 radical (unpaired) electrons. The van der Waals surface area contributed by atoms with E-state index < -0.39 is 6.04 Å². The van der Waals surface area contributed by atoms with Crippen LogP contribution >= 0.6 is 46.1 Å². The molecule has 2 rings (SSSR count). The molecule has 0 spiro atoms. The zero-order chi connectivity index (χ0) is 13.3. The van der Waals surface area contributed by atoms with E-state index in [1.807, 2.05) is 0 Å². The van der Waals surface area contributed by atoms with Crippen LogP contribution < -0.4 is 5.73 Å². The van der Waals surface area contributed by atoms with Crippen molar-refractivity contribution in [2.45, 2.75) is 12.5 Å². The van der Waals surface area contributed by atoms with E-state index in [1.165, 1.54) is 17.4 Å². The van der Waals surface area contributed by atoms with Crippen LogP contribution in [-0.4, -0.2) is 0 Å². The third-order valence-corrected chi connectivity index (χ3v) is 4.44. The fraction of sp³-hybridized carbons (Fsp3) is 0.167. The van der Waals surface area contributed by atoms with Crippen molar-refractivity contribution in [2.24, 2.45) is 5.73 Å². The van der Waals surface area contributed by atoms with Crippen molar-refractivity contribution in [1.82, 2.24) is 0 Å². The molecule has 18 heavy (non-hydrogen) atoms. The van der Waals surface area contributed by atoms with E-state index in [-0.39, 0.29) is 12.2 Å². The zero-order valence-corrected chi connectivity index (χ0v) is 12.2. The van der Waals surface area contributed by atoms with Gasteiger partial charge in [-0.3, -0.25) is 0 Å². The third-order valence-electron chi connectivity index (χ3n) is 2.57. The van der Waals surface area contributed by atoms with Crippen molar-refractivity contribution < 1.29 is 4.39 Å². The molecule has 1 atom stereocenters. The zero-order valence-electron chi connectivity index (χ0n) is 9.09. The average Bonchev–Trinajstić information content (AvgIpc) is 2.63. The highest BCUT2D eigenvalue weighted by molar-refractivity contribution is 7.20. The van der Waals surface area contributed by atoms with Crippen molar-refractivity contribution in [3.8, 4) is 0 Å². The number of rotatable bonds is 3. The van der Waals surface area contributed by atoms with Crippen molar-refractivity contribution in [1.29, 1.82) is 0 Å². The summed E-state index contributed by atoms with van der Waals surface area (Å²) in [6.07, 6.45) is 0.276. The van der Waals surface area contributed by atoms with Gasteiger partial charge in [0.1, 0.15) is 5.82 Å². The molecule has 0 aliphatic rings. The molecule has 1 aromatic carbocycles. The first kappa shape index (κ1) is 14.1. The Morgan fingerprint density at radius 2 is 2.00 bits per heavy atom. The van der Waals surface area contributed by atoms with Crippen molar-refractivity contribution in [2.75, 3.05) is 0 Å². The molecule has 1 aromatic heterocycles. The minimum Gasteiger partial charge on any atom is -0.324 e. The Bertz CT molecular complexity index is 550. The Morgan fingerprint density at radius 3 is 2.56 bits per heavy atom. The molecule has 0 bridgehead atoms. The Balaban J connectivity index is 2.26. The Kier molecular flexibility index (Phi) is 4.51. The van der Waals surface area contributed by atoms with Gasteiger partial charge in [-0.1, -0.05) is 40.9 Å². The summed E-state index contributed by atoms with van der Waals surface area (Å²) in [4.78, 5) is 0. The van der Waals surface area contributed by atoms with E-state index in [9.17, 15) is 4.39 Å². The number of hydrogen-bond donors (Lipinski definition) is 1. The first-order chi connectivity index (χ1) is 8.49. The second-order valence-electron chi connectivity index (χ2n) is 3.79. The lowest BCUT2D eigenvalue weighted by Crippen LogP contribution is -2.14. The minimum atomic E-state index is -0.435.